The quantitative estimate of drug-likeness (QED) is 0.498. The number of para-hydroxylation sites is 1. The molecule has 0 unspecified atom stereocenters. The Kier molecular flexibility index (Phi) is 2.21. The second-order valence-corrected chi connectivity index (χ2v) is 2.13. The van der Waals surface area contributed by atoms with Crippen molar-refractivity contribution in [2.45, 2.75) is 6.92 Å². The SMILES string of the molecule is CCOc1cccc(N)c1O. The highest BCUT2D eigenvalue weighted by atomic mass is 16.5. The fraction of sp³-hybridized carbons (Fsp3) is 0.250. The first-order valence-electron chi connectivity index (χ1n) is 3.46. The average molecular weight is 153 g/mol. The van der Waals surface area contributed by atoms with Crippen LogP contribution in [0.3, 0.4) is 0 Å². The molecule has 3 nitrogen and oxygen atoms in total. The van der Waals surface area contributed by atoms with Crippen LogP contribution in [0.1, 0.15) is 6.92 Å². The van der Waals surface area contributed by atoms with Gasteiger partial charge in [0.15, 0.2) is 11.5 Å². The van der Waals surface area contributed by atoms with Crippen LogP contribution in [0.5, 0.6) is 11.5 Å². The molecule has 1 aromatic rings. The molecule has 0 bridgehead atoms. The zero-order chi connectivity index (χ0) is 8.27. The van der Waals surface area contributed by atoms with Crippen LogP contribution in [-0.2, 0) is 0 Å². The number of hydrogen-bond acceptors (Lipinski definition) is 3. The fourth-order valence-electron chi connectivity index (χ4n) is 0.811. The third kappa shape index (κ3) is 1.55. The van der Waals surface area contributed by atoms with Gasteiger partial charge in [-0.2, -0.15) is 0 Å². The van der Waals surface area contributed by atoms with Gasteiger partial charge in [0, 0.05) is 0 Å². The minimum absolute atomic E-state index is 0.0225. The summed E-state index contributed by atoms with van der Waals surface area (Å²) in [5.74, 6) is 0.460. The third-order valence-corrected chi connectivity index (χ3v) is 1.33. The summed E-state index contributed by atoms with van der Waals surface area (Å²) in [7, 11) is 0. The van der Waals surface area contributed by atoms with Gasteiger partial charge < -0.3 is 15.6 Å². The molecular formula is C8H11NO2. The number of phenols is 1. The molecule has 0 amide bonds. The van der Waals surface area contributed by atoms with E-state index >= 15 is 0 Å². The number of anilines is 1. The summed E-state index contributed by atoms with van der Waals surface area (Å²) in [6.45, 7) is 2.37. The second kappa shape index (κ2) is 3.14. The highest BCUT2D eigenvalue weighted by Crippen LogP contribution is 2.31. The minimum Gasteiger partial charge on any atom is -0.503 e. The summed E-state index contributed by atoms with van der Waals surface area (Å²) in [6, 6.07) is 5.03. The highest BCUT2D eigenvalue weighted by molar-refractivity contribution is 5.58. The molecule has 0 fully saturated rings. The van der Waals surface area contributed by atoms with Crippen LogP contribution in [0.15, 0.2) is 18.2 Å². The zero-order valence-electron chi connectivity index (χ0n) is 6.37. The molecule has 11 heavy (non-hydrogen) atoms. The zero-order valence-corrected chi connectivity index (χ0v) is 6.37. The molecule has 0 aliphatic rings. The Hall–Kier alpha value is -1.38. The van der Waals surface area contributed by atoms with Gasteiger partial charge in [-0.25, -0.2) is 0 Å². The van der Waals surface area contributed by atoms with Crippen LogP contribution in [0.2, 0.25) is 0 Å². The van der Waals surface area contributed by atoms with E-state index < -0.39 is 0 Å². The van der Waals surface area contributed by atoms with Crippen LogP contribution in [0.25, 0.3) is 0 Å². The number of hydrogen-bond donors (Lipinski definition) is 2. The van der Waals surface area contributed by atoms with E-state index in [1.54, 1.807) is 18.2 Å². The van der Waals surface area contributed by atoms with Gasteiger partial charge >= 0.3 is 0 Å². The number of nitrogen functional groups attached to an aromatic ring is 1. The molecule has 3 N–H and O–H groups in total. The van der Waals surface area contributed by atoms with Crippen molar-refractivity contribution >= 4 is 5.69 Å². The van der Waals surface area contributed by atoms with Crippen molar-refractivity contribution in [1.29, 1.82) is 0 Å². The van der Waals surface area contributed by atoms with Crippen molar-refractivity contribution in [2.24, 2.45) is 0 Å². The Morgan fingerprint density at radius 3 is 2.91 bits per heavy atom. The first kappa shape index (κ1) is 7.72. The van der Waals surface area contributed by atoms with Gasteiger partial charge in [-0.05, 0) is 19.1 Å². The van der Waals surface area contributed by atoms with Crippen molar-refractivity contribution in [3.8, 4) is 11.5 Å². The summed E-state index contributed by atoms with van der Waals surface area (Å²) in [4.78, 5) is 0. The standard InChI is InChI=1S/C8H11NO2/c1-2-11-7-5-3-4-6(9)8(7)10/h3-5,10H,2,9H2,1H3. The lowest BCUT2D eigenvalue weighted by atomic mass is 10.3. The number of aromatic hydroxyl groups is 1. The predicted octanol–water partition coefficient (Wildman–Crippen LogP) is 1.37. The maximum absolute atomic E-state index is 9.28. The molecule has 0 radical (unpaired) electrons. The van der Waals surface area contributed by atoms with Gasteiger partial charge in [0.25, 0.3) is 0 Å². The van der Waals surface area contributed by atoms with Gasteiger partial charge in [-0.3, -0.25) is 0 Å². The van der Waals surface area contributed by atoms with Crippen molar-refractivity contribution in [2.75, 3.05) is 12.3 Å². The number of benzene rings is 1. The second-order valence-electron chi connectivity index (χ2n) is 2.13. The van der Waals surface area contributed by atoms with Crippen LogP contribution in [0, 0.1) is 0 Å². The highest BCUT2D eigenvalue weighted by Gasteiger charge is 2.02. The van der Waals surface area contributed by atoms with Gasteiger partial charge in [0.1, 0.15) is 0 Å². The van der Waals surface area contributed by atoms with Gasteiger partial charge in [0.2, 0.25) is 0 Å². The molecule has 0 aromatic heterocycles. The minimum atomic E-state index is 0.0225. The molecule has 0 saturated carbocycles. The Balaban J connectivity index is 2.96. The number of ether oxygens (including phenoxy) is 1. The fourth-order valence-corrected chi connectivity index (χ4v) is 0.811. The molecule has 1 aromatic carbocycles. The van der Waals surface area contributed by atoms with E-state index in [1.165, 1.54) is 0 Å². The summed E-state index contributed by atoms with van der Waals surface area (Å²) in [6.07, 6.45) is 0. The Morgan fingerprint density at radius 1 is 1.55 bits per heavy atom. The summed E-state index contributed by atoms with van der Waals surface area (Å²) < 4.78 is 5.09. The van der Waals surface area contributed by atoms with Crippen molar-refractivity contribution in [3.05, 3.63) is 18.2 Å². The average Bonchev–Trinajstić information content (AvgIpc) is 1.99. The van der Waals surface area contributed by atoms with Crippen molar-refractivity contribution in [3.63, 3.8) is 0 Å². The lowest BCUT2D eigenvalue weighted by Crippen LogP contribution is -1.93. The van der Waals surface area contributed by atoms with E-state index in [4.69, 9.17) is 10.5 Å². The van der Waals surface area contributed by atoms with Gasteiger partial charge in [0.05, 0.1) is 12.3 Å². The summed E-state index contributed by atoms with van der Waals surface area (Å²) in [5, 5.41) is 9.28. The molecule has 60 valence electrons. The Bertz CT molecular complexity index is 248. The largest absolute Gasteiger partial charge is 0.503 e. The summed E-state index contributed by atoms with van der Waals surface area (Å²) >= 11 is 0. The van der Waals surface area contributed by atoms with Crippen molar-refractivity contribution < 1.29 is 9.84 Å². The third-order valence-electron chi connectivity index (χ3n) is 1.33. The maximum atomic E-state index is 9.28. The van der Waals surface area contributed by atoms with Crippen LogP contribution in [-0.4, -0.2) is 11.7 Å². The normalized spacial score (nSPS) is 9.55. The topological polar surface area (TPSA) is 55.5 Å². The van der Waals surface area contributed by atoms with Gasteiger partial charge in [-0.1, -0.05) is 6.07 Å². The van der Waals surface area contributed by atoms with E-state index in [1.807, 2.05) is 6.92 Å². The molecule has 0 spiro atoms. The monoisotopic (exact) mass is 153 g/mol. The number of phenolic OH excluding ortho intramolecular Hbond substituents is 1. The van der Waals surface area contributed by atoms with Crippen LogP contribution in [0.4, 0.5) is 5.69 Å². The first-order valence-corrected chi connectivity index (χ1v) is 3.46. The lowest BCUT2D eigenvalue weighted by molar-refractivity contribution is 0.319. The number of nitrogens with two attached hydrogens (primary N) is 1. The molecule has 0 aliphatic carbocycles. The molecule has 1 rings (SSSR count). The van der Waals surface area contributed by atoms with Crippen LogP contribution >= 0.6 is 0 Å². The Morgan fingerprint density at radius 2 is 2.27 bits per heavy atom. The van der Waals surface area contributed by atoms with Crippen molar-refractivity contribution in [1.82, 2.24) is 0 Å². The maximum Gasteiger partial charge on any atom is 0.181 e. The number of rotatable bonds is 2. The molecule has 0 heterocycles. The van der Waals surface area contributed by atoms with E-state index in [2.05, 4.69) is 0 Å². The van der Waals surface area contributed by atoms with E-state index in [-0.39, 0.29) is 5.75 Å². The molecule has 3 heteroatoms. The van der Waals surface area contributed by atoms with Crippen LogP contribution < -0.4 is 10.5 Å². The molecule has 0 aliphatic heterocycles. The van der Waals surface area contributed by atoms with Gasteiger partial charge in [-0.15, -0.1) is 0 Å². The molecular weight excluding hydrogens is 142 g/mol. The smallest absolute Gasteiger partial charge is 0.181 e. The lowest BCUT2D eigenvalue weighted by Gasteiger charge is -2.06. The molecule has 0 atom stereocenters. The first-order chi connectivity index (χ1) is 5.25. The van der Waals surface area contributed by atoms with E-state index in [0.29, 0.717) is 18.0 Å². The Labute approximate surface area is 65.4 Å². The van der Waals surface area contributed by atoms with E-state index in [9.17, 15) is 5.11 Å². The predicted molar refractivity (Wildman–Crippen MR) is 43.7 cm³/mol. The molecule has 0 saturated heterocycles. The van der Waals surface area contributed by atoms with E-state index in [0.717, 1.165) is 0 Å². The summed E-state index contributed by atoms with van der Waals surface area (Å²) in [5.41, 5.74) is 5.76.